The average Bonchev–Trinajstić information content (AvgIpc) is 3.12. The molecule has 0 saturated heterocycles. The molecule has 2 aromatic rings. The van der Waals surface area contributed by atoms with Crippen LogP contribution in [0.3, 0.4) is 0 Å². The molecule has 4 rings (SSSR count). The van der Waals surface area contributed by atoms with E-state index in [0.717, 1.165) is 37.0 Å². The highest BCUT2D eigenvalue weighted by Gasteiger charge is 2.24. The summed E-state index contributed by atoms with van der Waals surface area (Å²) in [5.74, 6) is 2.16. The molecular weight excluding hydrogens is 332 g/mol. The maximum absolute atomic E-state index is 12.3. The summed E-state index contributed by atoms with van der Waals surface area (Å²) in [6, 6.07) is 11.5. The maximum atomic E-state index is 12.3. The van der Waals surface area contributed by atoms with Gasteiger partial charge in [0.15, 0.2) is 11.5 Å². The van der Waals surface area contributed by atoms with Crippen LogP contribution in [0, 0.1) is 0 Å². The zero-order chi connectivity index (χ0) is 17.8. The van der Waals surface area contributed by atoms with Crippen LogP contribution in [0.4, 0.5) is 0 Å². The van der Waals surface area contributed by atoms with Gasteiger partial charge in [-0.25, -0.2) is 4.98 Å². The quantitative estimate of drug-likeness (QED) is 0.894. The van der Waals surface area contributed by atoms with Crippen LogP contribution in [0.15, 0.2) is 42.6 Å². The van der Waals surface area contributed by atoms with Gasteiger partial charge in [-0.1, -0.05) is 12.1 Å². The molecule has 0 atom stereocenters. The number of nitrogens with zero attached hydrogens (tertiary/aromatic N) is 1. The molecule has 1 fully saturated rings. The summed E-state index contributed by atoms with van der Waals surface area (Å²) < 4.78 is 16.5. The Bertz CT molecular complexity index is 758. The molecule has 1 N–H and O–H groups in total. The SMILES string of the molecule is O=C(Cc1ccc2c(c1)OCO2)NC1CCC(Oc2ccccn2)CC1. The third-order valence-corrected chi connectivity index (χ3v) is 4.77. The van der Waals surface area contributed by atoms with Gasteiger partial charge in [0.05, 0.1) is 6.42 Å². The Kier molecular flexibility index (Phi) is 4.91. The fraction of sp³-hybridized carbons (Fsp3) is 0.400. The van der Waals surface area contributed by atoms with Crippen LogP contribution in [0.25, 0.3) is 0 Å². The highest BCUT2D eigenvalue weighted by Crippen LogP contribution is 2.32. The van der Waals surface area contributed by atoms with Gasteiger partial charge < -0.3 is 19.5 Å². The first-order valence-electron chi connectivity index (χ1n) is 9.02. The lowest BCUT2D eigenvalue weighted by atomic mass is 9.92. The Morgan fingerprint density at radius 1 is 1.12 bits per heavy atom. The zero-order valence-corrected chi connectivity index (χ0v) is 14.5. The Labute approximate surface area is 152 Å². The van der Waals surface area contributed by atoms with Crippen molar-refractivity contribution in [3.63, 3.8) is 0 Å². The third kappa shape index (κ3) is 4.07. The van der Waals surface area contributed by atoms with Crippen LogP contribution < -0.4 is 19.5 Å². The van der Waals surface area contributed by atoms with E-state index >= 15 is 0 Å². The molecule has 6 heteroatoms. The van der Waals surface area contributed by atoms with Gasteiger partial charge in [0.1, 0.15) is 6.10 Å². The molecule has 136 valence electrons. The number of nitrogens with one attached hydrogen (secondary N) is 1. The molecule has 1 amide bonds. The average molecular weight is 354 g/mol. The van der Waals surface area contributed by atoms with Gasteiger partial charge in [-0.05, 0) is 49.4 Å². The summed E-state index contributed by atoms with van der Waals surface area (Å²) in [6.45, 7) is 0.245. The number of aromatic nitrogens is 1. The Hall–Kier alpha value is -2.76. The number of rotatable bonds is 5. The van der Waals surface area contributed by atoms with Gasteiger partial charge in [-0.2, -0.15) is 0 Å². The standard InChI is InChI=1S/C20H22N2O4/c23-19(12-14-4-9-17-18(11-14)25-13-24-17)22-15-5-7-16(8-6-15)26-20-3-1-2-10-21-20/h1-4,9-11,15-16H,5-8,12-13H2,(H,22,23). The summed E-state index contributed by atoms with van der Waals surface area (Å²) in [5, 5.41) is 3.14. The van der Waals surface area contributed by atoms with Gasteiger partial charge in [0, 0.05) is 18.3 Å². The molecule has 0 bridgehead atoms. The Morgan fingerprint density at radius 3 is 2.77 bits per heavy atom. The summed E-state index contributed by atoms with van der Waals surface area (Å²) in [7, 11) is 0. The van der Waals surface area contributed by atoms with Crippen molar-refractivity contribution in [3.8, 4) is 17.4 Å². The van der Waals surface area contributed by atoms with Crippen molar-refractivity contribution < 1.29 is 19.0 Å². The number of hydrogen-bond acceptors (Lipinski definition) is 5. The normalized spacial score (nSPS) is 21.2. The molecule has 6 nitrogen and oxygen atoms in total. The summed E-state index contributed by atoms with van der Waals surface area (Å²) in [5.41, 5.74) is 0.930. The van der Waals surface area contributed by atoms with Crippen LogP contribution in [0.2, 0.25) is 0 Å². The van der Waals surface area contributed by atoms with E-state index in [4.69, 9.17) is 14.2 Å². The van der Waals surface area contributed by atoms with E-state index in [1.54, 1.807) is 6.20 Å². The molecule has 2 heterocycles. The summed E-state index contributed by atoms with van der Waals surface area (Å²) >= 11 is 0. The number of benzene rings is 1. The number of hydrogen-bond donors (Lipinski definition) is 1. The molecule has 0 unspecified atom stereocenters. The Morgan fingerprint density at radius 2 is 1.96 bits per heavy atom. The number of carbonyl (C=O) groups is 1. The van der Waals surface area contributed by atoms with Crippen LogP contribution in [-0.4, -0.2) is 29.8 Å². The van der Waals surface area contributed by atoms with Crippen LogP contribution in [-0.2, 0) is 11.2 Å². The lowest BCUT2D eigenvalue weighted by Crippen LogP contribution is -2.40. The van der Waals surface area contributed by atoms with Crippen molar-refractivity contribution in [2.24, 2.45) is 0 Å². The minimum absolute atomic E-state index is 0.0398. The Balaban J connectivity index is 1.23. The molecule has 1 aromatic carbocycles. The third-order valence-electron chi connectivity index (χ3n) is 4.77. The van der Waals surface area contributed by atoms with Crippen LogP contribution in [0.5, 0.6) is 17.4 Å². The van der Waals surface area contributed by atoms with Gasteiger partial charge in [0.25, 0.3) is 0 Å². The molecular formula is C20H22N2O4. The van der Waals surface area contributed by atoms with E-state index < -0.39 is 0 Å². The fourth-order valence-electron chi connectivity index (χ4n) is 3.43. The molecule has 1 saturated carbocycles. The topological polar surface area (TPSA) is 69.7 Å². The van der Waals surface area contributed by atoms with Gasteiger partial charge in [-0.3, -0.25) is 4.79 Å². The number of amides is 1. The predicted molar refractivity (Wildman–Crippen MR) is 95.3 cm³/mol. The molecule has 1 aromatic heterocycles. The summed E-state index contributed by atoms with van der Waals surface area (Å²) in [4.78, 5) is 16.5. The molecule has 0 spiro atoms. The van der Waals surface area contributed by atoms with E-state index in [2.05, 4.69) is 10.3 Å². The number of ether oxygens (including phenoxy) is 3. The highest BCUT2D eigenvalue weighted by molar-refractivity contribution is 5.79. The smallest absolute Gasteiger partial charge is 0.231 e. The van der Waals surface area contributed by atoms with Crippen molar-refractivity contribution in [2.45, 2.75) is 44.2 Å². The van der Waals surface area contributed by atoms with E-state index in [-0.39, 0.29) is 24.8 Å². The van der Waals surface area contributed by atoms with Crippen LogP contribution >= 0.6 is 0 Å². The maximum Gasteiger partial charge on any atom is 0.231 e. The predicted octanol–water partition coefficient (Wildman–Crippen LogP) is 2.86. The zero-order valence-electron chi connectivity index (χ0n) is 14.5. The first kappa shape index (κ1) is 16.7. The van der Waals surface area contributed by atoms with E-state index in [9.17, 15) is 4.79 Å². The molecule has 1 aliphatic carbocycles. The van der Waals surface area contributed by atoms with E-state index in [1.165, 1.54) is 0 Å². The second-order valence-electron chi connectivity index (χ2n) is 6.69. The van der Waals surface area contributed by atoms with Gasteiger partial charge in [-0.15, -0.1) is 0 Å². The molecule has 1 aliphatic heterocycles. The van der Waals surface area contributed by atoms with Crippen molar-refractivity contribution >= 4 is 5.91 Å². The minimum Gasteiger partial charge on any atom is -0.474 e. The number of pyridine rings is 1. The van der Waals surface area contributed by atoms with Crippen LogP contribution in [0.1, 0.15) is 31.2 Å². The van der Waals surface area contributed by atoms with Crippen molar-refractivity contribution in [1.82, 2.24) is 10.3 Å². The van der Waals surface area contributed by atoms with Crippen molar-refractivity contribution in [3.05, 3.63) is 48.2 Å². The van der Waals surface area contributed by atoms with E-state index in [0.29, 0.717) is 18.1 Å². The first-order valence-corrected chi connectivity index (χ1v) is 9.02. The first-order chi connectivity index (χ1) is 12.8. The fourth-order valence-corrected chi connectivity index (χ4v) is 3.43. The lowest BCUT2D eigenvalue weighted by molar-refractivity contribution is -0.121. The molecule has 0 radical (unpaired) electrons. The second kappa shape index (κ2) is 7.64. The molecule has 2 aliphatic rings. The minimum atomic E-state index is 0.0398. The highest BCUT2D eigenvalue weighted by atomic mass is 16.7. The van der Waals surface area contributed by atoms with Gasteiger partial charge in [0.2, 0.25) is 18.6 Å². The number of fused-ring (bicyclic) bond motifs is 1. The summed E-state index contributed by atoms with van der Waals surface area (Å²) in [6.07, 6.45) is 5.94. The monoisotopic (exact) mass is 354 g/mol. The van der Waals surface area contributed by atoms with Crippen molar-refractivity contribution in [1.29, 1.82) is 0 Å². The van der Waals surface area contributed by atoms with E-state index in [1.807, 2.05) is 36.4 Å². The van der Waals surface area contributed by atoms with Gasteiger partial charge >= 0.3 is 0 Å². The largest absolute Gasteiger partial charge is 0.474 e. The second-order valence-corrected chi connectivity index (χ2v) is 6.69. The lowest BCUT2D eigenvalue weighted by Gasteiger charge is -2.29. The van der Waals surface area contributed by atoms with Crippen molar-refractivity contribution in [2.75, 3.05) is 6.79 Å². The number of carbonyl (C=O) groups excluding carboxylic acids is 1. The molecule has 26 heavy (non-hydrogen) atoms.